The Kier molecular flexibility index (Phi) is 3.87. The molecule has 0 amide bonds. The van der Waals surface area contributed by atoms with Crippen LogP contribution in [0.4, 0.5) is 4.39 Å². The van der Waals surface area contributed by atoms with Crippen LogP contribution < -0.4 is 4.74 Å². The van der Waals surface area contributed by atoms with Crippen molar-refractivity contribution < 1.29 is 9.13 Å². The molecule has 0 fully saturated rings. The van der Waals surface area contributed by atoms with Gasteiger partial charge in [0.15, 0.2) is 0 Å². The standard InChI is InChI=1S/C22H16ClFN2O/c23-16-8-11-21-18(12-16)20-13-19(14-4-2-1-3-5-14)25-26(20)22(27-21)15-6-9-17(24)10-7-15/h1-12,20,22H,13H2/t20-,22-/m1/s1. The lowest BCUT2D eigenvalue weighted by molar-refractivity contribution is -0.0190. The summed E-state index contributed by atoms with van der Waals surface area (Å²) in [7, 11) is 0. The molecule has 27 heavy (non-hydrogen) atoms. The minimum Gasteiger partial charge on any atom is -0.464 e. The Labute approximate surface area is 161 Å². The predicted molar refractivity (Wildman–Crippen MR) is 103 cm³/mol. The number of rotatable bonds is 2. The summed E-state index contributed by atoms with van der Waals surface area (Å²) in [4.78, 5) is 0. The molecule has 5 rings (SSSR count). The van der Waals surface area contributed by atoms with E-state index < -0.39 is 6.23 Å². The number of fused-ring (bicyclic) bond motifs is 3. The van der Waals surface area contributed by atoms with Gasteiger partial charge in [0.25, 0.3) is 0 Å². The van der Waals surface area contributed by atoms with Crippen LogP contribution in [0.25, 0.3) is 0 Å². The molecular weight excluding hydrogens is 363 g/mol. The van der Waals surface area contributed by atoms with Crippen molar-refractivity contribution in [1.82, 2.24) is 5.01 Å². The van der Waals surface area contributed by atoms with Crippen LogP contribution in [0.2, 0.25) is 5.02 Å². The highest BCUT2D eigenvalue weighted by molar-refractivity contribution is 6.30. The minimum atomic E-state index is -0.412. The smallest absolute Gasteiger partial charge is 0.213 e. The molecule has 0 aliphatic carbocycles. The van der Waals surface area contributed by atoms with Gasteiger partial charge < -0.3 is 4.74 Å². The predicted octanol–water partition coefficient (Wildman–Crippen LogP) is 5.72. The Balaban J connectivity index is 1.61. The van der Waals surface area contributed by atoms with Crippen LogP contribution >= 0.6 is 11.6 Å². The van der Waals surface area contributed by atoms with Gasteiger partial charge in [-0.15, -0.1) is 0 Å². The number of benzene rings is 3. The van der Waals surface area contributed by atoms with Gasteiger partial charge in [-0.1, -0.05) is 54.1 Å². The molecule has 0 saturated carbocycles. The van der Waals surface area contributed by atoms with Crippen molar-refractivity contribution in [2.45, 2.75) is 18.7 Å². The first kappa shape index (κ1) is 16.3. The second-order valence-corrected chi connectivity index (χ2v) is 7.15. The molecule has 2 heterocycles. The largest absolute Gasteiger partial charge is 0.464 e. The molecule has 0 N–H and O–H groups in total. The zero-order valence-electron chi connectivity index (χ0n) is 14.3. The number of halogens is 2. The van der Waals surface area contributed by atoms with Crippen molar-refractivity contribution in [2.75, 3.05) is 0 Å². The Morgan fingerprint density at radius 1 is 1.00 bits per heavy atom. The van der Waals surface area contributed by atoms with Crippen LogP contribution in [0.3, 0.4) is 0 Å². The van der Waals surface area contributed by atoms with E-state index in [1.807, 2.05) is 41.4 Å². The molecule has 3 aromatic carbocycles. The highest BCUT2D eigenvalue weighted by atomic mass is 35.5. The first-order chi connectivity index (χ1) is 13.2. The van der Waals surface area contributed by atoms with E-state index in [2.05, 4.69) is 12.1 Å². The normalized spacial score (nSPS) is 20.5. The van der Waals surface area contributed by atoms with Gasteiger partial charge >= 0.3 is 0 Å². The van der Waals surface area contributed by atoms with Crippen molar-refractivity contribution >= 4 is 17.3 Å². The minimum absolute atomic E-state index is 0.0257. The molecule has 3 aromatic rings. The molecule has 134 valence electrons. The van der Waals surface area contributed by atoms with E-state index >= 15 is 0 Å². The number of ether oxygens (including phenoxy) is 1. The topological polar surface area (TPSA) is 24.8 Å². The van der Waals surface area contributed by atoms with Crippen molar-refractivity contribution in [3.63, 3.8) is 0 Å². The third-order valence-electron chi connectivity index (χ3n) is 5.01. The molecule has 0 aromatic heterocycles. The zero-order valence-corrected chi connectivity index (χ0v) is 15.1. The van der Waals surface area contributed by atoms with E-state index in [4.69, 9.17) is 21.4 Å². The molecule has 2 atom stereocenters. The van der Waals surface area contributed by atoms with Gasteiger partial charge in [0, 0.05) is 22.6 Å². The average Bonchev–Trinajstić information content (AvgIpc) is 3.15. The lowest BCUT2D eigenvalue weighted by Gasteiger charge is -2.38. The lowest BCUT2D eigenvalue weighted by atomic mass is 9.96. The molecule has 5 heteroatoms. The van der Waals surface area contributed by atoms with Gasteiger partial charge in [-0.05, 0) is 35.9 Å². The molecule has 2 aliphatic heterocycles. The molecule has 3 nitrogen and oxygen atoms in total. The Hall–Kier alpha value is -2.85. The number of hydrogen-bond donors (Lipinski definition) is 0. The Bertz CT molecular complexity index is 1020. The first-order valence-corrected chi connectivity index (χ1v) is 9.19. The summed E-state index contributed by atoms with van der Waals surface area (Å²) < 4.78 is 19.6. The molecule has 0 unspecified atom stereocenters. The van der Waals surface area contributed by atoms with Crippen LogP contribution in [0.5, 0.6) is 5.75 Å². The number of hydrazone groups is 1. The van der Waals surface area contributed by atoms with E-state index in [-0.39, 0.29) is 11.9 Å². The van der Waals surface area contributed by atoms with Crippen LogP contribution in [-0.2, 0) is 0 Å². The highest BCUT2D eigenvalue weighted by Gasteiger charge is 2.41. The third kappa shape index (κ3) is 2.86. The molecule has 0 spiro atoms. The summed E-state index contributed by atoms with van der Waals surface area (Å²) in [5, 5.41) is 7.52. The fraction of sp³-hybridized carbons (Fsp3) is 0.136. The van der Waals surface area contributed by atoms with Crippen LogP contribution in [0, 0.1) is 5.82 Å². The second-order valence-electron chi connectivity index (χ2n) is 6.72. The molecule has 0 saturated heterocycles. The van der Waals surface area contributed by atoms with E-state index in [9.17, 15) is 4.39 Å². The maximum absolute atomic E-state index is 13.4. The maximum atomic E-state index is 13.4. The van der Waals surface area contributed by atoms with Gasteiger partial charge in [0.2, 0.25) is 6.23 Å². The third-order valence-corrected chi connectivity index (χ3v) is 5.25. The van der Waals surface area contributed by atoms with Crippen molar-refractivity contribution in [2.24, 2.45) is 5.10 Å². The van der Waals surface area contributed by atoms with E-state index in [1.54, 1.807) is 12.1 Å². The Morgan fingerprint density at radius 2 is 1.78 bits per heavy atom. The molecule has 0 radical (unpaired) electrons. The van der Waals surface area contributed by atoms with Crippen LogP contribution in [-0.4, -0.2) is 10.7 Å². The van der Waals surface area contributed by atoms with Crippen molar-refractivity contribution in [1.29, 1.82) is 0 Å². The highest BCUT2D eigenvalue weighted by Crippen LogP contribution is 2.48. The van der Waals surface area contributed by atoms with Crippen LogP contribution in [0.15, 0.2) is 77.9 Å². The van der Waals surface area contributed by atoms with Crippen molar-refractivity contribution in [3.8, 4) is 5.75 Å². The van der Waals surface area contributed by atoms with E-state index in [1.165, 1.54) is 12.1 Å². The van der Waals surface area contributed by atoms with Crippen molar-refractivity contribution in [3.05, 3.63) is 100 Å². The summed E-state index contributed by atoms with van der Waals surface area (Å²) in [6.45, 7) is 0. The lowest BCUT2D eigenvalue weighted by Crippen LogP contribution is -2.33. The van der Waals surface area contributed by atoms with Crippen LogP contribution in [0.1, 0.15) is 35.4 Å². The van der Waals surface area contributed by atoms with Gasteiger partial charge in [0.1, 0.15) is 11.6 Å². The molecule has 0 bridgehead atoms. The van der Waals surface area contributed by atoms with Gasteiger partial charge in [-0.3, -0.25) is 0 Å². The average molecular weight is 379 g/mol. The SMILES string of the molecule is Fc1ccc([C@H]2Oc3ccc(Cl)cc3[C@H]3CC(c4ccccc4)=NN32)cc1. The fourth-order valence-corrected chi connectivity index (χ4v) is 3.89. The number of hydrogen-bond acceptors (Lipinski definition) is 3. The Morgan fingerprint density at radius 3 is 2.56 bits per heavy atom. The monoisotopic (exact) mass is 378 g/mol. The summed E-state index contributed by atoms with van der Waals surface area (Å²) in [6.07, 6.45) is 0.351. The van der Waals surface area contributed by atoms with Gasteiger partial charge in [0.05, 0.1) is 11.8 Å². The summed E-state index contributed by atoms with van der Waals surface area (Å²) >= 11 is 6.24. The van der Waals surface area contributed by atoms with Gasteiger partial charge in [-0.25, -0.2) is 9.40 Å². The van der Waals surface area contributed by atoms with E-state index in [0.29, 0.717) is 5.02 Å². The zero-order chi connectivity index (χ0) is 18.4. The quantitative estimate of drug-likeness (QED) is 0.569. The summed E-state index contributed by atoms with van der Waals surface area (Å²) in [5.41, 5.74) is 3.98. The summed E-state index contributed by atoms with van der Waals surface area (Å²) in [6, 6.07) is 22.2. The molecular formula is C22H16ClFN2O. The fourth-order valence-electron chi connectivity index (χ4n) is 3.71. The second kappa shape index (κ2) is 6.39. The first-order valence-electron chi connectivity index (χ1n) is 8.82. The summed E-state index contributed by atoms with van der Waals surface area (Å²) in [5.74, 6) is 0.521. The number of nitrogens with zero attached hydrogens (tertiary/aromatic N) is 2. The molecule has 2 aliphatic rings. The van der Waals surface area contributed by atoms with Gasteiger partial charge in [-0.2, -0.15) is 5.10 Å². The maximum Gasteiger partial charge on any atom is 0.213 e. The van der Waals surface area contributed by atoms with E-state index in [0.717, 1.165) is 34.6 Å².